The Bertz CT molecular complexity index is 300. The zero-order valence-electron chi connectivity index (χ0n) is 11.3. The van der Waals surface area contributed by atoms with Gasteiger partial charge < -0.3 is 19.5 Å². The van der Waals surface area contributed by atoms with E-state index in [1.54, 1.807) is 7.11 Å². The van der Waals surface area contributed by atoms with Crippen molar-refractivity contribution in [2.24, 2.45) is 0 Å². The highest BCUT2D eigenvalue weighted by Crippen LogP contribution is 2.17. The van der Waals surface area contributed by atoms with Crippen molar-refractivity contribution in [1.82, 2.24) is 5.32 Å². The van der Waals surface area contributed by atoms with Gasteiger partial charge in [-0.1, -0.05) is 0 Å². The first-order valence-electron chi connectivity index (χ1n) is 6.42. The lowest BCUT2D eigenvalue weighted by Gasteiger charge is -2.08. The van der Waals surface area contributed by atoms with Crippen LogP contribution in [0.25, 0.3) is 0 Å². The van der Waals surface area contributed by atoms with Gasteiger partial charge in [0.2, 0.25) is 0 Å². The SMILES string of the molecule is CCOc1ccc(OCCCNCCOC)cc1. The van der Waals surface area contributed by atoms with Crippen LogP contribution in [-0.4, -0.2) is 40.0 Å². The van der Waals surface area contributed by atoms with Crippen molar-refractivity contribution in [2.45, 2.75) is 13.3 Å². The Morgan fingerprint density at radius 3 is 2.22 bits per heavy atom. The minimum atomic E-state index is 0.688. The molecule has 0 fully saturated rings. The third-order valence-corrected chi connectivity index (χ3v) is 2.38. The van der Waals surface area contributed by atoms with Crippen LogP contribution in [0.4, 0.5) is 0 Å². The number of nitrogens with one attached hydrogen (secondary N) is 1. The van der Waals surface area contributed by atoms with Crippen LogP contribution >= 0.6 is 0 Å². The molecule has 0 saturated heterocycles. The van der Waals surface area contributed by atoms with E-state index in [2.05, 4.69) is 5.32 Å². The van der Waals surface area contributed by atoms with Gasteiger partial charge in [-0.2, -0.15) is 0 Å². The van der Waals surface area contributed by atoms with E-state index in [-0.39, 0.29) is 0 Å². The van der Waals surface area contributed by atoms with E-state index in [1.165, 1.54) is 0 Å². The number of benzene rings is 1. The van der Waals surface area contributed by atoms with Gasteiger partial charge in [0.1, 0.15) is 11.5 Å². The van der Waals surface area contributed by atoms with Crippen molar-refractivity contribution in [3.05, 3.63) is 24.3 Å². The molecule has 4 heteroatoms. The number of hydrogen-bond acceptors (Lipinski definition) is 4. The van der Waals surface area contributed by atoms with Crippen LogP contribution in [0.5, 0.6) is 11.5 Å². The van der Waals surface area contributed by atoms with E-state index >= 15 is 0 Å². The van der Waals surface area contributed by atoms with Crippen LogP contribution in [0.2, 0.25) is 0 Å². The maximum atomic E-state index is 5.62. The first kappa shape index (κ1) is 14.8. The summed E-state index contributed by atoms with van der Waals surface area (Å²) in [6.45, 7) is 5.96. The van der Waals surface area contributed by atoms with E-state index in [0.717, 1.165) is 37.6 Å². The molecule has 0 aliphatic rings. The highest BCUT2D eigenvalue weighted by Gasteiger charge is 1.95. The number of methoxy groups -OCH3 is 1. The number of hydrogen-bond donors (Lipinski definition) is 1. The number of rotatable bonds is 10. The fraction of sp³-hybridized carbons (Fsp3) is 0.571. The zero-order valence-corrected chi connectivity index (χ0v) is 11.3. The third-order valence-electron chi connectivity index (χ3n) is 2.38. The molecule has 0 saturated carbocycles. The highest BCUT2D eigenvalue weighted by molar-refractivity contribution is 5.31. The molecule has 0 amide bonds. The van der Waals surface area contributed by atoms with E-state index in [4.69, 9.17) is 14.2 Å². The van der Waals surface area contributed by atoms with E-state index in [9.17, 15) is 0 Å². The monoisotopic (exact) mass is 253 g/mol. The molecule has 0 aromatic heterocycles. The Morgan fingerprint density at radius 2 is 1.61 bits per heavy atom. The molecule has 1 rings (SSSR count). The Hall–Kier alpha value is -1.26. The topological polar surface area (TPSA) is 39.7 Å². The molecular weight excluding hydrogens is 230 g/mol. The summed E-state index contributed by atoms with van der Waals surface area (Å²) in [4.78, 5) is 0. The fourth-order valence-corrected chi connectivity index (χ4v) is 1.49. The van der Waals surface area contributed by atoms with E-state index in [1.807, 2.05) is 31.2 Å². The summed E-state index contributed by atoms with van der Waals surface area (Å²) < 4.78 is 15.9. The van der Waals surface area contributed by atoms with Crippen molar-refractivity contribution >= 4 is 0 Å². The summed E-state index contributed by atoms with van der Waals surface area (Å²) in [7, 11) is 1.71. The van der Waals surface area contributed by atoms with Crippen molar-refractivity contribution < 1.29 is 14.2 Å². The first-order chi connectivity index (χ1) is 8.86. The molecule has 0 radical (unpaired) electrons. The van der Waals surface area contributed by atoms with Crippen molar-refractivity contribution in [3.8, 4) is 11.5 Å². The van der Waals surface area contributed by atoms with Gasteiger partial charge in [-0.15, -0.1) is 0 Å². The van der Waals surface area contributed by atoms with Crippen molar-refractivity contribution in [2.75, 3.05) is 40.0 Å². The summed E-state index contributed by atoms with van der Waals surface area (Å²) in [5.74, 6) is 1.77. The molecule has 1 N–H and O–H groups in total. The Labute approximate surface area is 109 Å². The lowest BCUT2D eigenvalue weighted by atomic mass is 10.3. The molecule has 102 valence electrons. The molecule has 18 heavy (non-hydrogen) atoms. The predicted molar refractivity (Wildman–Crippen MR) is 72.5 cm³/mol. The molecular formula is C14H23NO3. The van der Waals surface area contributed by atoms with Gasteiger partial charge in [-0.25, -0.2) is 0 Å². The minimum absolute atomic E-state index is 0.688. The Kier molecular flexibility index (Phi) is 8.01. The molecule has 0 bridgehead atoms. The fourth-order valence-electron chi connectivity index (χ4n) is 1.49. The normalized spacial score (nSPS) is 10.3. The predicted octanol–water partition coefficient (Wildman–Crippen LogP) is 2.09. The van der Waals surface area contributed by atoms with Crippen LogP contribution in [0.15, 0.2) is 24.3 Å². The molecule has 1 aromatic carbocycles. The minimum Gasteiger partial charge on any atom is -0.494 e. The van der Waals surface area contributed by atoms with Crippen molar-refractivity contribution in [3.63, 3.8) is 0 Å². The standard InChI is InChI=1S/C14H23NO3/c1-3-17-13-5-7-14(8-6-13)18-11-4-9-15-10-12-16-2/h5-8,15H,3-4,9-12H2,1-2H3. The largest absolute Gasteiger partial charge is 0.494 e. The second kappa shape index (κ2) is 9.74. The average Bonchev–Trinajstić information content (AvgIpc) is 2.40. The summed E-state index contributed by atoms with van der Waals surface area (Å²) in [6, 6.07) is 7.72. The van der Waals surface area contributed by atoms with Crippen molar-refractivity contribution in [1.29, 1.82) is 0 Å². The maximum absolute atomic E-state index is 5.62. The summed E-state index contributed by atoms with van der Waals surface area (Å²) in [5.41, 5.74) is 0. The van der Waals surface area contributed by atoms with Crippen LogP contribution in [0.3, 0.4) is 0 Å². The van der Waals surface area contributed by atoms with Gasteiger partial charge >= 0.3 is 0 Å². The lowest BCUT2D eigenvalue weighted by molar-refractivity contribution is 0.198. The number of ether oxygens (including phenoxy) is 3. The van der Waals surface area contributed by atoms with Gasteiger partial charge in [0, 0.05) is 13.7 Å². The lowest BCUT2D eigenvalue weighted by Crippen LogP contribution is -2.21. The Balaban J connectivity index is 2.08. The molecule has 0 unspecified atom stereocenters. The maximum Gasteiger partial charge on any atom is 0.119 e. The van der Waals surface area contributed by atoms with Gasteiger partial charge in [0.05, 0.1) is 19.8 Å². The molecule has 4 nitrogen and oxygen atoms in total. The second-order valence-corrected chi connectivity index (χ2v) is 3.85. The third kappa shape index (κ3) is 6.47. The van der Waals surface area contributed by atoms with Crippen LogP contribution in [0.1, 0.15) is 13.3 Å². The van der Waals surface area contributed by atoms with Gasteiger partial charge in [0.15, 0.2) is 0 Å². The quantitative estimate of drug-likeness (QED) is 0.648. The first-order valence-corrected chi connectivity index (χ1v) is 6.42. The summed E-state index contributed by atoms with van der Waals surface area (Å²) >= 11 is 0. The van der Waals surface area contributed by atoms with Crippen LogP contribution in [0, 0.1) is 0 Å². The van der Waals surface area contributed by atoms with E-state index in [0.29, 0.717) is 13.2 Å². The Morgan fingerprint density at radius 1 is 0.944 bits per heavy atom. The van der Waals surface area contributed by atoms with Crippen LogP contribution < -0.4 is 14.8 Å². The smallest absolute Gasteiger partial charge is 0.119 e. The molecule has 0 spiro atoms. The van der Waals surface area contributed by atoms with E-state index < -0.39 is 0 Å². The molecule has 1 aromatic rings. The highest BCUT2D eigenvalue weighted by atomic mass is 16.5. The zero-order chi connectivity index (χ0) is 13.1. The van der Waals surface area contributed by atoms with Gasteiger partial charge in [-0.3, -0.25) is 0 Å². The average molecular weight is 253 g/mol. The second-order valence-electron chi connectivity index (χ2n) is 3.85. The molecule has 0 atom stereocenters. The van der Waals surface area contributed by atoms with Crippen LogP contribution in [-0.2, 0) is 4.74 Å². The molecule has 0 aliphatic carbocycles. The molecule has 0 heterocycles. The molecule has 0 aliphatic heterocycles. The summed E-state index contributed by atoms with van der Waals surface area (Å²) in [5, 5.41) is 3.27. The van der Waals surface area contributed by atoms with Gasteiger partial charge in [0.25, 0.3) is 0 Å². The van der Waals surface area contributed by atoms with Gasteiger partial charge in [-0.05, 0) is 44.2 Å². The summed E-state index contributed by atoms with van der Waals surface area (Å²) in [6.07, 6.45) is 0.983.